The van der Waals surface area contributed by atoms with Crippen LogP contribution in [0, 0.1) is 5.92 Å². The number of hydrogen-bond acceptors (Lipinski definition) is 7. The summed E-state index contributed by atoms with van der Waals surface area (Å²) in [5.74, 6) is 1.61. The molecule has 2 N–H and O–H groups in total. The first-order valence-corrected chi connectivity index (χ1v) is 9.68. The Balaban J connectivity index is 1.35. The maximum Gasteiger partial charge on any atom is 0.245 e. The lowest BCUT2D eigenvalue weighted by Gasteiger charge is -2.33. The van der Waals surface area contributed by atoms with Crippen molar-refractivity contribution in [2.24, 2.45) is 13.0 Å². The van der Waals surface area contributed by atoms with Crippen LogP contribution < -0.4 is 10.2 Å². The van der Waals surface area contributed by atoms with E-state index < -0.39 is 0 Å². The number of aromatic hydroxyl groups is 1. The first kappa shape index (κ1) is 17.1. The van der Waals surface area contributed by atoms with E-state index in [-0.39, 0.29) is 5.75 Å². The third-order valence-corrected chi connectivity index (χ3v) is 5.54. The number of rotatable bonds is 4. The monoisotopic (exact) mass is 377 g/mol. The van der Waals surface area contributed by atoms with Crippen LogP contribution in [0.2, 0.25) is 0 Å². The smallest absolute Gasteiger partial charge is 0.245 e. The molecule has 0 bridgehead atoms. The summed E-state index contributed by atoms with van der Waals surface area (Å²) in [7, 11) is 1.87. The SMILES string of the molecule is Cn1cc(-c2ccc(-c3cnc(N4CCN[C@@H](C5CC5)C4)nn3)c(O)c2)cn1. The molecule has 2 aliphatic rings. The molecule has 1 atom stereocenters. The van der Waals surface area contributed by atoms with Crippen LogP contribution in [0.15, 0.2) is 36.8 Å². The normalized spacial score (nSPS) is 19.8. The number of benzene rings is 1. The molecule has 1 saturated carbocycles. The van der Waals surface area contributed by atoms with Gasteiger partial charge in [-0.25, -0.2) is 4.98 Å². The van der Waals surface area contributed by atoms with Gasteiger partial charge in [0.25, 0.3) is 0 Å². The minimum atomic E-state index is 0.154. The molecule has 1 aliphatic carbocycles. The molecular formula is C20H23N7O. The molecule has 8 nitrogen and oxygen atoms in total. The largest absolute Gasteiger partial charge is 0.507 e. The van der Waals surface area contributed by atoms with Gasteiger partial charge in [0.15, 0.2) is 0 Å². The van der Waals surface area contributed by atoms with E-state index in [1.807, 2.05) is 25.4 Å². The highest BCUT2D eigenvalue weighted by molar-refractivity contribution is 5.73. The van der Waals surface area contributed by atoms with Gasteiger partial charge in [-0.3, -0.25) is 4.68 Å². The number of nitrogens with zero attached hydrogens (tertiary/aromatic N) is 6. The van der Waals surface area contributed by atoms with Crippen LogP contribution in [0.3, 0.4) is 0 Å². The highest BCUT2D eigenvalue weighted by atomic mass is 16.3. The number of nitrogens with one attached hydrogen (secondary N) is 1. The summed E-state index contributed by atoms with van der Waals surface area (Å²) in [6.45, 7) is 2.76. The van der Waals surface area contributed by atoms with Crippen LogP contribution in [0.5, 0.6) is 5.75 Å². The van der Waals surface area contributed by atoms with Crippen molar-refractivity contribution in [3.8, 4) is 28.1 Å². The molecule has 2 fully saturated rings. The van der Waals surface area contributed by atoms with Crippen molar-refractivity contribution in [3.05, 3.63) is 36.8 Å². The second kappa shape index (κ2) is 6.87. The van der Waals surface area contributed by atoms with Gasteiger partial charge in [0, 0.05) is 50.0 Å². The quantitative estimate of drug-likeness (QED) is 0.717. The van der Waals surface area contributed by atoms with Crippen molar-refractivity contribution in [3.63, 3.8) is 0 Å². The van der Waals surface area contributed by atoms with Crippen LogP contribution in [-0.2, 0) is 7.05 Å². The third-order valence-electron chi connectivity index (χ3n) is 5.54. The van der Waals surface area contributed by atoms with Gasteiger partial charge in [-0.1, -0.05) is 6.07 Å². The van der Waals surface area contributed by atoms with Crippen molar-refractivity contribution >= 4 is 5.95 Å². The van der Waals surface area contributed by atoms with E-state index in [2.05, 4.69) is 30.5 Å². The first-order valence-electron chi connectivity index (χ1n) is 9.68. The molecule has 3 aromatic rings. The maximum absolute atomic E-state index is 10.5. The van der Waals surface area contributed by atoms with Gasteiger partial charge >= 0.3 is 0 Å². The number of piperazine rings is 1. The van der Waals surface area contributed by atoms with E-state index in [4.69, 9.17) is 0 Å². The predicted octanol–water partition coefficient (Wildman–Crippen LogP) is 1.83. The van der Waals surface area contributed by atoms with E-state index in [0.29, 0.717) is 23.2 Å². The average Bonchev–Trinajstić information content (AvgIpc) is 3.49. The Labute approximate surface area is 163 Å². The second-order valence-corrected chi connectivity index (χ2v) is 7.62. The summed E-state index contributed by atoms with van der Waals surface area (Å²) in [6.07, 6.45) is 8.00. The summed E-state index contributed by atoms with van der Waals surface area (Å²) in [5.41, 5.74) is 3.04. The number of phenols is 1. The fourth-order valence-electron chi connectivity index (χ4n) is 3.81. The zero-order valence-corrected chi connectivity index (χ0v) is 15.8. The Bertz CT molecular complexity index is 980. The summed E-state index contributed by atoms with van der Waals surface area (Å²) in [4.78, 5) is 6.71. The van der Waals surface area contributed by atoms with Crippen molar-refractivity contribution in [1.29, 1.82) is 0 Å². The number of anilines is 1. The van der Waals surface area contributed by atoms with Gasteiger partial charge in [-0.15, -0.1) is 10.2 Å². The van der Waals surface area contributed by atoms with Gasteiger partial charge in [-0.05, 0) is 36.5 Å². The molecular weight excluding hydrogens is 354 g/mol. The molecule has 0 spiro atoms. The fourth-order valence-corrected chi connectivity index (χ4v) is 3.81. The summed E-state index contributed by atoms with van der Waals surface area (Å²) >= 11 is 0. The second-order valence-electron chi connectivity index (χ2n) is 7.62. The number of aromatic nitrogens is 5. The summed E-state index contributed by atoms with van der Waals surface area (Å²) in [6, 6.07) is 6.04. The highest BCUT2D eigenvalue weighted by Crippen LogP contribution is 2.34. The number of hydrogen-bond donors (Lipinski definition) is 2. The molecule has 0 radical (unpaired) electrons. The topological polar surface area (TPSA) is 92.0 Å². The summed E-state index contributed by atoms with van der Waals surface area (Å²) < 4.78 is 1.73. The van der Waals surface area contributed by atoms with Crippen molar-refractivity contribution in [2.45, 2.75) is 18.9 Å². The van der Waals surface area contributed by atoms with Crippen LogP contribution >= 0.6 is 0 Å². The van der Waals surface area contributed by atoms with Crippen LogP contribution in [0.1, 0.15) is 12.8 Å². The molecule has 0 amide bonds. The first-order chi connectivity index (χ1) is 13.7. The Morgan fingerprint density at radius 1 is 1.14 bits per heavy atom. The van der Waals surface area contributed by atoms with Crippen LogP contribution in [-0.4, -0.2) is 55.7 Å². The minimum Gasteiger partial charge on any atom is -0.507 e. The number of aryl methyl sites for hydroxylation is 1. The van der Waals surface area contributed by atoms with Crippen LogP contribution in [0.4, 0.5) is 5.95 Å². The molecule has 5 rings (SSSR count). The Kier molecular flexibility index (Phi) is 4.20. The predicted molar refractivity (Wildman–Crippen MR) is 106 cm³/mol. The highest BCUT2D eigenvalue weighted by Gasteiger charge is 2.34. The van der Waals surface area contributed by atoms with E-state index >= 15 is 0 Å². The zero-order valence-electron chi connectivity index (χ0n) is 15.8. The Morgan fingerprint density at radius 3 is 2.71 bits per heavy atom. The van der Waals surface area contributed by atoms with E-state index in [1.54, 1.807) is 23.1 Å². The molecule has 0 unspecified atom stereocenters. The molecule has 28 heavy (non-hydrogen) atoms. The zero-order chi connectivity index (χ0) is 19.1. The maximum atomic E-state index is 10.5. The van der Waals surface area contributed by atoms with Crippen molar-refractivity contribution < 1.29 is 5.11 Å². The standard InChI is InChI=1S/C20H23N7O/c1-26-11-15(9-23-26)14-4-5-16(19(28)8-14)17-10-22-20(25-24-17)27-7-6-21-18(12-27)13-2-3-13/h4-5,8-11,13,18,21,28H,2-3,6-7,12H2,1H3/t18-/m1/s1. The van der Waals surface area contributed by atoms with Crippen molar-refractivity contribution in [2.75, 3.05) is 24.5 Å². The van der Waals surface area contributed by atoms with E-state index in [1.165, 1.54) is 12.8 Å². The van der Waals surface area contributed by atoms with Gasteiger partial charge in [-0.2, -0.15) is 5.10 Å². The molecule has 2 aromatic heterocycles. The third kappa shape index (κ3) is 3.31. The average molecular weight is 377 g/mol. The lowest BCUT2D eigenvalue weighted by molar-refractivity contribution is 0.414. The van der Waals surface area contributed by atoms with Gasteiger partial charge in [0.2, 0.25) is 5.95 Å². The van der Waals surface area contributed by atoms with Gasteiger partial charge in [0.05, 0.1) is 12.4 Å². The lowest BCUT2D eigenvalue weighted by atomic mass is 10.0. The molecule has 1 aromatic carbocycles. The Morgan fingerprint density at radius 2 is 2.04 bits per heavy atom. The lowest BCUT2D eigenvalue weighted by Crippen LogP contribution is -2.52. The molecule has 1 aliphatic heterocycles. The summed E-state index contributed by atoms with van der Waals surface area (Å²) in [5, 5.41) is 26.9. The van der Waals surface area contributed by atoms with Gasteiger partial charge in [0.1, 0.15) is 11.4 Å². The Hall–Kier alpha value is -3.00. The fraction of sp³-hybridized carbons (Fsp3) is 0.400. The number of phenolic OH excluding ortho intramolecular Hbond substituents is 1. The molecule has 144 valence electrons. The van der Waals surface area contributed by atoms with Crippen molar-refractivity contribution in [1.82, 2.24) is 30.3 Å². The van der Waals surface area contributed by atoms with E-state index in [0.717, 1.165) is 36.7 Å². The molecule has 3 heterocycles. The minimum absolute atomic E-state index is 0.154. The molecule has 8 heteroatoms. The van der Waals surface area contributed by atoms with Gasteiger partial charge < -0.3 is 15.3 Å². The molecule has 1 saturated heterocycles. The van der Waals surface area contributed by atoms with Crippen LogP contribution in [0.25, 0.3) is 22.4 Å². The van der Waals surface area contributed by atoms with E-state index in [9.17, 15) is 5.11 Å².